The Morgan fingerprint density at radius 2 is 2.21 bits per heavy atom. The van der Waals surface area contributed by atoms with E-state index in [0.717, 1.165) is 25.7 Å². The van der Waals surface area contributed by atoms with Gasteiger partial charge in [0.15, 0.2) is 0 Å². The van der Waals surface area contributed by atoms with E-state index in [2.05, 4.69) is 5.32 Å². The fourth-order valence-corrected chi connectivity index (χ4v) is 3.26. The molecule has 0 radical (unpaired) electrons. The maximum atomic E-state index is 12.5. The Labute approximate surface area is 114 Å². The van der Waals surface area contributed by atoms with E-state index in [4.69, 9.17) is 5.73 Å². The lowest BCUT2D eigenvalue weighted by atomic mass is 9.79. The summed E-state index contributed by atoms with van der Waals surface area (Å²) >= 11 is 0. The molecule has 5 nitrogen and oxygen atoms in total. The van der Waals surface area contributed by atoms with E-state index < -0.39 is 0 Å². The molecule has 2 amide bonds. The Morgan fingerprint density at radius 3 is 3.00 bits per heavy atom. The van der Waals surface area contributed by atoms with Crippen LogP contribution in [-0.4, -0.2) is 42.9 Å². The normalized spacial score (nSPS) is 28.7. The molecule has 2 rings (SSSR count). The molecule has 0 aromatic carbocycles. The van der Waals surface area contributed by atoms with E-state index in [1.165, 1.54) is 6.42 Å². The highest BCUT2D eigenvalue weighted by Gasteiger charge is 2.30. The van der Waals surface area contributed by atoms with Crippen LogP contribution in [0, 0.1) is 11.8 Å². The maximum Gasteiger partial charge on any atom is 0.225 e. The first kappa shape index (κ1) is 14.3. The molecule has 0 spiro atoms. The van der Waals surface area contributed by atoms with Gasteiger partial charge in [0.2, 0.25) is 11.8 Å². The van der Waals surface area contributed by atoms with Crippen molar-refractivity contribution in [3.8, 4) is 0 Å². The molecule has 0 aromatic heterocycles. The number of amides is 2. The summed E-state index contributed by atoms with van der Waals surface area (Å²) in [5.41, 5.74) is 5.62. The van der Waals surface area contributed by atoms with Crippen LogP contribution in [-0.2, 0) is 9.59 Å². The van der Waals surface area contributed by atoms with Gasteiger partial charge in [-0.15, -0.1) is 0 Å². The van der Waals surface area contributed by atoms with Crippen LogP contribution in [0.1, 0.15) is 38.5 Å². The number of nitrogens with zero attached hydrogens (tertiary/aromatic N) is 1. The first-order chi connectivity index (χ1) is 9.20. The predicted molar refractivity (Wildman–Crippen MR) is 73.3 cm³/mol. The van der Waals surface area contributed by atoms with Crippen LogP contribution in [0.4, 0.5) is 0 Å². The SMILES string of the molecule is NCCC1CCCC(C(=O)N2CCNC(=O)CC2)C1. The topological polar surface area (TPSA) is 75.4 Å². The monoisotopic (exact) mass is 267 g/mol. The number of carbonyl (C=O) groups excluding carboxylic acids is 2. The molecule has 0 bridgehead atoms. The molecule has 2 atom stereocenters. The fourth-order valence-electron chi connectivity index (χ4n) is 3.26. The summed E-state index contributed by atoms with van der Waals surface area (Å²) < 4.78 is 0. The average Bonchev–Trinajstić information content (AvgIpc) is 2.63. The summed E-state index contributed by atoms with van der Waals surface area (Å²) in [6.45, 7) is 2.53. The van der Waals surface area contributed by atoms with Crippen molar-refractivity contribution in [2.45, 2.75) is 38.5 Å². The molecule has 2 fully saturated rings. The first-order valence-corrected chi connectivity index (χ1v) is 7.46. The Morgan fingerprint density at radius 1 is 1.37 bits per heavy atom. The lowest BCUT2D eigenvalue weighted by molar-refractivity contribution is -0.137. The van der Waals surface area contributed by atoms with E-state index in [9.17, 15) is 9.59 Å². The first-order valence-electron chi connectivity index (χ1n) is 7.46. The molecule has 1 aliphatic carbocycles. The molecular weight excluding hydrogens is 242 g/mol. The summed E-state index contributed by atoms with van der Waals surface area (Å²) in [6.07, 6.45) is 5.79. The standard InChI is InChI=1S/C14H25N3O2/c15-6-4-11-2-1-3-12(10-11)14(19)17-8-5-13(18)16-7-9-17/h11-12H,1-10,15H2,(H,16,18). The summed E-state index contributed by atoms with van der Waals surface area (Å²) in [7, 11) is 0. The van der Waals surface area contributed by atoms with Gasteiger partial charge in [-0.25, -0.2) is 0 Å². The van der Waals surface area contributed by atoms with Crippen LogP contribution in [0.2, 0.25) is 0 Å². The molecule has 0 aromatic rings. The van der Waals surface area contributed by atoms with Crippen LogP contribution >= 0.6 is 0 Å². The number of nitrogens with two attached hydrogens (primary N) is 1. The lowest BCUT2D eigenvalue weighted by Crippen LogP contribution is -2.40. The minimum absolute atomic E-state index is 0.0555. The third kappa shape index (κ3) is 3.93. The number of hydrogen-bond donors (Lipinski definition) is 2. The summed E-state index contributed by atoms with van der Waals surface area (Å²) in [4.78, 5) is 25.7. The smallest absolute Gasteiger partial charge is 0.225 e. The van der Waals surface area contributed by atoms with Gasteiger partial charge >= 0.3 is 0 Å². The van der Waals surface area contributed by atoms with Gasteiger partial charge in [0.05, 0.1) is 0 Å². The highest BCUT2D eigenvalue weighted by atomic mass is 16.2. The third-order valence-electron chi connectivity index (χ3n) is 4.33. The molecule has 108 valence electrons. The quantitative estimate of drug-likeness (QED) is 0.781. The zero-order valence-electron chi connectivity index (χ0n) is 11.6. The van der Waals surface area contributed by atoms with Crippen molar-refractivity contribution in [3.05, 3.63) is 0 Å². The van der Waals surface area contributed by atoms with Crippen LogP contribution in [0.5, 0.6) is 0 Å². The fraction of sp³-hybridized carbons (Fsp3) is 0.857. The molecule has 2 aliphatic rings. The second-order valence-corrected chi connectivity index (χ2v) is 5.73. The van der Waals surface area contributed by atoms with Gasteiger partial charge in [0.1, 0.15) is 0 Å². The van der Waals surface area contributed by atoms with Gasteiger partial charge in [-0.1, -0.05) is 12.8 Å². The zero-order valence-corrected chi connectivity index (χ0v) is 11.6. The molecule has 2 unspecified atom stereocenters. The molecule has 3 N–H and O–H groups in total. The predicted octanol–water partition coefficient (Wildman–Crippen LogP) is 0.490. The highest BCUT2D eigenvalue weighted by molar-refractivity contribution is 5.81. The highest BCUT2D eigenvalue weighted by Crippen LogP contribution is 2.32. The lowest BCUT2D eigenvalue weighted by Gasteiger charge is -2.32. The van der Waals surface area contributed by atoms with Gasteiger partial charge < -0.3 is 16.0 Å². The van der Waals surface area contributed by atoms with Gasteiger partial charge in [-0.2, -0.15) is 0 Å². The van der Waals surface area contributed by atoms with Gasteiger partial charge in [-0.3, -0.25) is 9.59 Å². The summed E-state index contributed by atoms with van der Waals surface area (Å²) in [5, 5.41) is 2.81. The minimum atomic E-state index is 0.0555. The van der Waals surface area contributed by atoms with E-state index >= 15 is 0 Å². The number of hydrogen-bond acceptors (Lipinski definition) is 3. The third-order valence-corrected chi connectivity index (χ3v) is 4.33. The van der Waals surface area contributed by atoms with Gasteiger partial charge in [-0.05, 0) is 31.7 Å². The second kappa shape index (κ2) is 6.89. The maximum absolute atomic E-state index is 12.5. The van der Waals surface area contributed by atoms with E-state index in [1.54, 1.807) is 0 Å². The molecule has 1 aliphatic heterocycles. The Bertz CT molecular complexity index is 331. The molecule has 1 saturated carbocycles. The van der Waals surface area contributed by atoms with Crippen molar-refractivity contribution >= 4 is 11.8 Å². The molecule has 5 heteroatoms. The summed E-state index contributed by atoms with van der Waals surface area (Å²) in [6, 6.07) is 0. The van der Waals surface area contributed by atoms with E-state index in [0.29, 0.717) is 38.5 Å². The number of carbonyl (C=O) groups is 2. The Hall–Kier alpha value is -1.10. The van der Waals surface area contributed by atoms with Crippen molar-refractivity contribution in [2.75, 3.05) is 26.2 Å². The van der Waals surface area contributed by atoms with Crippen LogP contribution < -0.4 is 11.1 Å². The van der Waals surface area contributed by atoms with Gasteiger partial charge in [0.25, 0.3) is 0 Å². The zero-order chi connectivity index (χ0) is 13.7. The second-order valence-electron chi connectivity index (χ2n) is 5.73. The molecule has 19 heavy (non-hydrogen) atoms. The van der Waals surface area contributed by atoms with Crippen molar-refractivity contribution in [1.29, 1.82) is 0 Å². The Kier molecular flexibility index (Phi) is 5.19. The largest absolute Gasteiger partial charge is 0.354 e. The number of nitrogens with one attached hydrogen (secondary N) is 1. The van der Waals surface area contributed by atoms with Crippen LogP contribution in [0.25, 0.3) is 0 Å². The van der Waals surface area contributed by atoms with Crippen molar-refractivity contribution in [2.24, 2.45) is 17.6 Å². The van der Waals surface area contributed by atoms with Crippen LogP contribution in [0.15, 0.2) is 0 Å². The van der Waals surface area contributed by atoms with E-state index in [-0.39, 0.29) is 17.7 Å². The minimum Gasteiger partial charge on any atom is -0.354 e. The average molecular weight is 267 g/mol. The van der Waals surface area contributed by atoms with E-state index in [1.807, 2.05) is 4.90 Å². The Balaban J connectivity index is 1.89. The summed E-state index contributed by atoms with van der Waals surface area (Å²) in [5.74, 6) is 1.07. The molecular formula is C14H25N3O2. The number of rotatable bonds is 3. The molecule has 1 heterocycles. The van der Waals surface area contributed by atoms with Crippen LogP contribution in [0.3, 0.4) is 0 Å². The van der Waals surface area contributed by atoms with Gasteiger partial charge in [0, 0.05) is 32.0 Å². The van der Waals surface area contributed by atoms with Crippen molar-refractivity contribution in [3.63, 3.8) is 0 Å². The van der Waals surface area contributed by atoms with Crippen molar-refractivity contribution in [1.82, 2.24) is 10.2 Å². The molecule has 1 saturated heterocycles. The van der Waals surface area contributed by atoms with Crippen molar-refractivity contribution < 1.29 is 9.59 Å².